The minimum absolute atomic E-state index is 0.00823. The zero-order valence-corrected chi connectivity index (χ0v) is 8.99. The Kier molecular flexibility index (Phi) is 3.91. The van der Waals surface area contributed by atoms with Crippen LogP contribution in [-0.2, 0) is 4.74 Å². The highest BCUT2D eigenvalue weighted by molar-refractivity contribution is 5.07. The lowest BCUT2D eigenvalue weighted by molar-refractivity contribution is -0.0796. The van der Waals surface area contributed by atoms with Gasteiger partial charge in [0, 0.05) is 0 Å². The molecule has 0 heterocycles. The summed E-state index contributed by atoms with van der Waals surface area (Å²) in [6.07, 6.45) is 2.88. The van der Waals surface area contributed by atoms with E-state index in [0.29, 0.717) is 5.92 Å². The van der Waals surface area contributed by atoms with E-state index in [2.05, 4.69) is 19.9 Å². The molecule has 80 valence electrons. The van der Waals surface area contributed by atoms with Gasteiger partial charge in [-0.15, -0.1) is 0 Å². The highest BCUT2D eigenvalue weighted by Crippen LogP contribution is 2.38. The van der Waals surface area contributed by atoms with Crippen LogP contribution >= 0.6 is 0 Å². The Balaban J connectivity index is 2.64. The van der Waals surface area contributed by atoms with Gasteiger partial charge in [-0.1, -0.05) is 13.8 Å². The highest BCUT2D eigenvalue weighted by Gasteiger charge is 2.41. The number of hydrogen-bond donors (Lipinski definition) is 1. The van der Waals surface area contributed by atoms with Gasteiger partial charge in [-0.3, -0.25) is 0 Å². The number of aliphatic hydroxyl groups is 1. The number of rotatable bonds is 3. The van der Waals surface area contributed by atoms with Crippen LogP contribution in [0, 0.1) is 23.2 Å². The molecule has 14 heavy (non-hydrogen) atoms. The van der Waals surface area contributed by atoms with Gasteiger partial charge in [0.2, 0.25) is 0 Å². The second kappa shape index (κ2) is 4.77. The Morgan fingerprint density at radius 1 is 1.57 bits per heavy atom. The SMILES string of the molecule is CC1CCC(C#N)(OCCO)C(C)C1. The zero-order chi connectivity index (χ0) is 10.6. The number of ether oxygens (including phenoxy) is 1. The predicted octanol–water partition coefficient (Wildman–Crippen LogP) is 1.71. The fraction of sp³-hybridized carbons (Fsp3) is 0.909. The van der Waals surface area contributed by atoms with E-state index >= 15 is 0 Å². The van der Waals surface area contributed by atoms with Crippen molar-refractivity contribution in [3.63, 3.8) is 0 Å². The molecule has 1 saturated carbocycles. The maximum atomic E-state index is 9.17. The van der Waals surface area contributed by atoms with Crippen LogP contribution in [0.4, 0.5) is 0 Å². The Hall–Kier alpha value is -0.590. The first-order valence-electron chi connectivity index (χ1n) is 5.30. The fourth-order valence-electron chi connectivity index (χ4n) is 2.26. The zero-order valence-electron chi connectivity index (χ0n) is 8.99. The van der Waals surface area contributed by atoms with Crippen LogP contribution in [0.1, 0.15) is 33.1 Å². The lowest BCUT2D eigenvalue weighted by Crippen LogP contribution is -2.43. The molecule has 0 bridgehead atoms. The van der Waals surface area contributed by atoms with Crippen molar-refractivity contribution in [1.82, 2.24) is 0 Å². The molecule has 3 unspecified atom stereocenters. The lowest BCUT2D eigenvalue weighted by atomic mass is 9.73. The number of nitriles is 1. The molecule has 3 nitrogen and oxygen atoms in total. The second-order valence-electron chi connectivity index (χ2n) is 4.35. The smallest absolute Gasteiger partial charge is 0.156 e. The van der Waals surface area contributed by atoms with Gasteiger partial charge in [-0.05, 0) is 31.1 Å². The Bertz CT molecular complexity index is 220. The van der Waals surface area contributed by atoms with E-state index in [1.807, 2.05) is 0 Å². The lowest BCUT2D eigenvalue weighted by Gasteiger charge is -2.39. The third-order valence-electron chi connectivity index (χ3n) is 3.20. The number of aliphatic hydroxyl groups excluding tert-OH is 1. The summed E-state index contributed by atoms with van der Waals surface area (Å²) in [7, 11) is 0. The van der Waals surface area contributed by atoms with E-state index in [-0.39, 0.29) is 19.1 Å². The summed E-state index contributed by atoms with van der Waals surface area (Å²) in [6.45, 7) is 4.54. The molecular weight excluding hydrogens is 178 g/mol. The van der Waals surface area contributed by atoms with Crippen LogP contribution in [0.2, 0.25) is 0 Å². The van der Waals surface area contributed by atoms with Gasteiger partial charge in [-0.2, -0.15) is 5.26 Å². The molecule has 1 fully saturated rings. The third kappa shape index (κ3) is 2.26. The maximum absolute atomic E-state index is 9.17. The van der Waals surface area contributed by atoms with Crippen molar-refractivity contribution in [2.75, 3.05) is 13.2 Å². The molecule has 0 aliphatic heterocycles. The molecule has 0 saturated heterocycles. The van der Waals surface area contributed by atoms with Crippen molar-refractivity contribution in [2.45, 2.75) is 38.7 Å². The second-order valence-corrected chi connectivity index (χ2v) is 4.35. The predicted molar refractivity (Wildman–Crippen MR) is 53.6 cm³/mol. The molecule has 1 aliphatic carbocycles. The number of nitrogens with zero attached hydrogens (tertiary/aromatic N) is 1. The molecule has 3 atom stereocenters. The van der Waals surface area contributed by atoms with Crippen LogP contribution in [0.25, 0.3) is 0 Å². The summed E-state index contributed by atoms with van der Waals surface area (Å²) in [5.74, 6) is 0.951. The van der Waals surface area contributed by atoms with Crippen LogP contribution in [0.3, 0.4) is 0 Å². The molecule has 0 spiro atoms. The largest absolute Gasteiger partial charge is 0.394 e. The topological polar surface area (TPSA) is 53.2 Å². The highest BCUT2D eigenvalue weighted by atomic mass is 16.5. The van der Waals surface area contributed by atoms with Crippen LogP contribution in [0.5, 0.6) is 0 Å². The minimum atomic E-state index is -0.644. The van der Waals surface area contributed by atoms with Crippen molar-refractivity contribution < 1.29 is 9.84 Å². The number of hydrogen-bond acceptors (Lipinski definition) is 3. The van der Waals surface area contributed by atoms with Gasteiger partial charge in [0.05, 0.1) is 19.3 Å². The van der Waals surface area contributed by atoms with Gasteiger partial charge >= 0.3 is 0 Å². The summed E-state index contributed by atoms with van der Waals surface area (Å²) in [5.41, 5.74) is -0.644. The Labute approximate surface area is 85.7 Å². The molecule has 1 rings (SSSR count). The van der Waals surface area contributed by atoms with E-state index in [9.17, 15) is 0 Å². The molecular formula is C11H19NO2. The third-order valence-corrected chi connectivity index (χ3v) is 3.20. The monoisotopic (exact) mass is 197 g/mol. The molecule has 0 amide bonds. The van der Waals surface area contributed by atoms with Crippen molar-refractivity contribution in [3.8, 4) is 6.07 Å². The molecule has 1 N–H and O–H groups in total. The van der Waals surface area contributed by atoms with Crippen LogP contribution < -0.4 is 0 Å². The summed E-state index contributed by atoms with van der Waals surface area (Å²) in [5, 5.41) is 17.9. The van der Waals surface area contributed by atoms with E-state index < -0.39 is 5.60 Å². The van der Waals surface area contributed by atoms with Gasteiger partial charge in [-0.25, -0.2) is 0 Å². The van der Waals surface area contributed by atoms with E-state index in [1.165, 1.54) is 0 Å². The summed E-state index contributed by atoms with van der Waals surface area (Å²) in [4.78, 5) is 0. The van der Waals surface area contributed by atoms with Crippen LogP contribution in [0.15, 0.2) is 0 Å². The van der Waals surface area contributed by atoms with Crippen molar-refractivity contribution in [3.05, 3.63) is 0 Å². The van der Waals surface area contributed by atoms with E-state index in [0.717, 1.165) is 19.3 Å². The molecule has 0 aromatic heterocycles. The molecule has 1 aliphatic rings. The van der Waals surface area contributed by atoms with Gasteiger partial charge < -0.3 is 9.84 Å². The standard InChI is InChI=1S/C11H19NO2/c1-9-3-4-11(8-12,10(2)7-9)14-6-5-13/h9-10,13H,3-7H2,1-2H3. The average Bonchev–Trinajstić information content (AvgIpc) is 2.18. The molecule has 0 aromatic rings. The molecule has 0 aromatic carbocycles. The summed E-state index contributed by atoms with van der Waals surface area (Å²) < 4.78 is 5.52. The average molecular weight is 197 g/mol. The van der Waals surface area contributed by atoms with Crippen molar-refractivity contribution >= 4 is 0 Å². The van der Waals surface area contributed by atoms with Gasteiger partial charge in [0.25, 0.3) is 0 Å². The maximum Gasteiger partial charge on any atom is 0.156 e. The van der Waals surface area contributed by atoms with Crippen LogP contribution in [-0.4, -0.2) is 23.9 Å². The molecule has 3 heteroatoms. The minimum Gasteiger partial charge on any atom is -0.394 e. The van der Waals surface area contributed by atoms with Crippen molar-refractivity contribution in [2.24, 2.45) is 11.8 Å². The Morgan fingerprint density at radius 3 is 2.79 bits per heavy atom. The first kappa shape index (κ1) is 11.5. The quantitative estimate of drug-likeness (QED) is 0.749. The van der Waals surface area contributed by atoms with E-state index in [4.69, 9.17) is 15.1 Å². The first-order valence-corrected chi connectivity index (χ1v) is 5.30. The fourth-order valence-corrected chi connectivity index (χ4v) is 2.26. The molecule has 0 radical (unpaired) electrons. The summed E-state index contributed by atoms with van der Waals surface area (Å²) >= 11 is 0. The van der Waals surface area contributed by atoms with Gasteiger partial charge in [0.15, 0.2) is 5.60 Å². The van der Waals surface area contributed by atoms with Gasteiger partial charge in [0.1, 0.15) is 0 Å². The first-order chi connectivity index (χ1) is 6.64. The van der Waals surface area contributed by atoms with Crippen molar-refractivity contribution in [1.29, 1.82) is 5.26 Å². The normalized spacial score (nSPS) is 37.9. The van der Waals surface area contributed by atoms with E-state index in [1.54, 1.807) is 0 Å². The summed E-state index contributed by atoms with van der Waals surface area (Å²) in [6, 6.07) is 2.29. The Morgan fingerprint density at radius 2 is 2.29 bits per heavy atom.